The summed E-state index contributed by atoms with van der Waals surface area (Å²) in [4.78, 5) is 28.0. The third kappa shape index (κ3) is 4.87. The minimum absolute atomic E-state index is 0.0125. The van der Waals surface area contributed by atoms with Crippen LogP contribution in [0, 0.1) is 18.7 Å². The van der Waals surface area contributed by atoms with Gasteiger partial charge < -0.3 is 9.64 Å². The number of hydrogen-bond acceptors (Lipinski definition) is 5. The van der Waals surface area contributed by atoms with E-state index >= 15 is 0 Å². The smallest absolute Gasteiger partial charge is 0.254 e. The molecule has 2 atom stereocenters. The minimum Gasteiger partial charge on any atom is -0.477 e. The van der Waals surface area contributed by atoms with Crippen LogP contribution in [-0.2, 0) is 0 Å². The van der Waals surface area contributed by atoms with Gasteiger partial charge in [0.05, 0.1) is 24.7 Å². The Bertz CT molecular complexity index is 1040. The number of hydrogen-bond donors (Lipinski definition) is 0. The van der Waals surface area contributed by atoms with Crippen molar-refractivity contribution in [3.05, 3.63) is 72.1 Å². The van der Waals surface area contributed by atoms with Gasteiger partial charge in [-0.1, -0.05) is 17.7 Å². The van der Waals surface area contributed by atoms with Gasteiger partial charge in [-0.25, -0.2) is 9.37 Å². The molecule has 0 unspecified atom stereocenters. The summed E-state index contributed by atoms with van der Waals surface area (Å²) in [5, 5.41) is 0. The van der Waals surface area contributed by atoms with Crippen LogP contribution in [0.5, 0.6) is 5.88 Å². The lowest BCUT2D eigenvalue weighted by Crippen LogP contribution is -2.47. The summed E-state index contributed by atoms with van der Waals surface area (Å²) in [6.07, 6.45) is 7.91. The van der Waals surface area contributed by atoms with E-state index in [1.165, 1.54) is 12.1 Å². The Morgan fingerprint density at radius 1 is 1.16 bits per heavy atom. The van der Waals surface area contributed by atoms with Gasteiger partial charge >= 0.3 is 0 Å². The van der Waals surface area contributed by atoms with Crippen molar-refractivity contribution < 1.29 is 13.9 Å². The zero-order valence-electron chi connectivity index (χ0n) is 17.7. The Morgan fingerprint density at radius 2 is 2.03 bits per heavy atom. The zero-order valence-corrected chi connectivity index (χ0v) is 17.7. The van der Waals surface area contributed by atoms with Gasteiger partial charge in [0.2, 0.25) is 5.88 Å². The van der Waals surface area contributed by atoms with Gasteiger partial charge in [0, 0.05) is 48.1 Å². The molecule has 0 spiro atoms. The van der Waals surface area contributed by atoms with E-state index in [1.54, 1.807) is 18.6 Å². The second kappa shape index (κ2) is 9.20. The first kappa shape index (κ1) is 20.9. The molecule has 6 nitrogen and oxygen atoms in total. The first-order valence-electron chi connectivity index (χ1n) is 10.4. The summed E-state index contributed by atoms with van der Waals surface area (Å²) in [7, 11) is 0. The standard InChI is InChI=1S/C24H25FN4O2/c1-16-3-7-20(22-13-26-9-10-27-22)21(11-16)24(30)29-14-18(5-4-17(29)2)15-31-23-8-6-19(25)12-28-23/h3,6-13,17-18H,4-5,14-15H2,1-2H3/t17-,18+/m1/s1. The number of carbonyl (C=O) groups excluding carboxylic acids is 1. The lowest BCUT2D eigenvalue weighted by molar-refractivity contribution is 0.0503. The van der Waals surface area contributed by atoms with Crippen LogP contribution < -0.4 is 4.74 Å². The van der Waals surface area contributed by atoms with Crippen molar-refractivity contribution in [2.45, 2.75) is 32.7 Å². The van der Waals surface area contributed by atoms with E-state index < -0.39 is 5.82 Å². The van der Waals surface area contributed by atoms with Gasteiger partial charge in [-0.2, -0.15) is 0 Å². The number of aryl methyl sites for hydroxylation is 1. The van der Waals surface area contributed by atoms with Crippen molar-refractivity contribution in [1.82, 2.24) is 19.9 Å². The molecule has 2 aromatic heterocycles. The molecule has 4 rings (SSSR count). The molecule has 1 aliphatic rings. The average molecular weight is 420 g/mol. The number of amides is 1. The van der Waals surface area contributed by atoms with Crippen molar-refractivity contribution in [2.24, 2.45) is 5.92 Å². The first-order chi connectivity index (χ1) is 15.0. The number of carbonyl (C=O) groups is 1. The molecule has 1 amide bonds. The third-order valence-electron chi connectivity index (χ3n) is 5.65. The highest BCUT2D eigenvalue weighted by Crippen LogP contribution is 2.29. The molecule has 0 aliphatic carbocycles. The fourth-order valence-corrected chi connectivity index (χ4v) is 3.90. The maximum Gasteiger partial charge on any atom is 0.254 e. The van der Waals surface area contributed by atoms with E-state index in [2.05, 4.69) is 21.9 Å². The van der Waals surface area contributed by atoms with Crippen LogP contribution in [0.3, 0.4) is 0 Å². The van der Waals surface area contributed by atoms with Gasteiger partial charge in [-0.05, 0) is 38.8 Å². The van der Waals surface area contributed by atoms with Crippen molar-refractivity contribution in [3.63, 3.8) is 0 Å². The molecule has 1 fully saturated rings. The summed E-state index contributed by atoms with van der Waals surface area (Å²) >= 11 is 0. The molecule has 160 valence electrons. The maximum atomic E-state index is 13.6. The Kier molecular flexibility index (Phi) is 6.21. The zero-order chi connectivity index (χ0) is 21.8. The molecule has 3 heterocycles. The molecular formula is C24H25FN4O2. The van der Waals surface area contributed by atoms with E-state index in [0.717, 1.165) is 30.2 Å². The number of likely N-dealkylation sites (tertiary alicyclic amines) is 1. The van der Waals surface area contributed by atoms with Crippen LogP contribution in [0.25, 0.3) is 11.3 Å². The van der Waals surface area contributed by atoms with Crippen molar-refractivity contribution >= 4 is 5.91 Å². The summed E-state index contributed by atoms with van der Waals surface area (Å²) in [6.45, 7) is 5.08. The van der Waals surface area contributed by atoms with E-state index in [1.807, 2.05) is 30.0 Å². The van der Waals surface area contributed by atoms with E-state index in [9.17, 15) is 9.18 Å². The molecule has 1 aliphatic heterocycles. The number of halogens is 1. The van der Waals surface area contributed by atoms with Gasteiger partial charge in [0.15, 0.2) is 0 Å². The SMILES string of the molecule is Cc1ccc(-c2cnccn2)c(C(=O)N2C[C@@H](COc3ccc(F)cn3)CC[C@H]2C)c1. The van der Waals surface area contributed by atoms with Gasteiger partial charge in [-0.15, -0.1) is 0 Å². The third-order valence-corrected chi connectivity index (χ3v) is 5.65. The molecule has 1 saturated heterocycles. The number of nitrogens with zero attached hydrogens (tertiary/aromatic N) is 4. The quantitative estimate of drug-likeness (QED) is 0.615. The average Bonchev–Trinajstić information content (AvgIpc) is 2.79. The van der Waals surface area contributed by atoms with Crippen LogP contribution in [0.1, 0.15) is 35.7 Å². The van der Waals surface area contributed by atoms with E-state index in [-0.39, 0.29) is 17.9 Å². The van der Waals surface area contributed by atoms with Crippen molar-refractivity contribution in [3.8, 4) is 17.1 Å². The highest BCUT2D eigenvalue weighted by Gasteiger charge is 2.31. The molecule has 0 N–H and O–H groups in total. The van der Waals surface area contributed by atoms with Crippen LogP contribution in [-0.4, -0.2) is 45.0 Å². The lowest BCUT2D eigenvalue weighted by atomic mass is 9.92. The van der Waals surface area contributed by atoms with E-state index in [0.29, 0.717) is 30.3 Å². The topological polar surface area (TPSA) is 68.2 Å². The molecule has 31 heavy (non-hydrogen) atoms. The Morgan fingerprint density at radius 3 is 2.77 bits per heavy atom. The van der Waals surface area contributed by atoms with Crippen LogP contribution in [0.2, 0.25) is 0 Å². The number of benzene rings is 1. The molecule has 0 bridgehead atoms. The predicted octanol–water partition coefficient (Wildman–Crippen LogP) is 4.31. The summed E-state index contributed by atoms with van der Waals surface area (Å²) in [5.41, 5.74) is 3.11. The number of piperidine rings is 1. The molecule has 0 saturated carbocycles. The monoisotopic (exact) mass is 420 g/mol. The highest BCUT2D eigenvalue weighted by molar-refractivity contribution is 6.00. The summed E-state index contributed by atoms with van der Waals surface area (Å²) < 4.78 is 18.8. The van der Waals surface area contributed by atoms with Gasteiger partial charge in [0.1, 0.15) is 5.82 Å². The van der Waals surface area contributed by atoms with Crippen LogP contribution >= 0.6 is 0 Å². The molecular weight excluding hydrogens is 395 g/mol. The predicted molar refractivity (Wildman–Crippen MR) is 115 cm³/mol. The minimum atomic E-state index is -0.396. The van der Waals surface area contributed by atoms with Gasteiger partial charge in [0.25, 0.3) is 5.91 Å². The lowest BCUT2D eigenvalue weighted by Gasteiger charge is -2.38. The molecule has 7 heteroatoms. The second-order valence-electron chi connectivity index (χ2n) is 8.02. The van der Waals surface area contributed by atoms with E-state index in [4.69, 9.17) is 4.74 Å². The molecule has 1 aromatic carbocycles. The summed E-state index contributed by atoms with van der Waals surface area (Å²) in [6, 6.07) is 8.80. The fraction of sp³-hybridized carbons (Fsp3) is 0.333. The number of rotatable bonds is 5. The Balaban J connectivity index is 1.52. The number of aromatic nitrogens is 3. The van der Waals surface area contributed by atoms with Crippen molar-refractivity contribution in [1.29, 1.82) is 0 Å². The van der Waals surface area contributed by atoms with Crippen LogP contribution in [0.15, 0.2) is 55.1 Å². The Hall–Kier alpha value is -3.35. The maximum absolute atomic E-state index is 13.6. The normalized spacial score (nSPS) is 18.6. The highest BCUT2D eigenvalue weighted by atomic mass is 19.1. The molecule has 0 radical (unpaired) electrons. The van der Waals surface area contributed by atoms with Gasteiger partial charge in [-0.3, -0.25) is 14.8 Å². The first-order valence-corrected chi connectivity index (χ1v) is 10.4. The number of pyridine rings is 1. The Labute approximate surface area is 181 Å². The summed E-state index contributed by atoms with van der Waals surface area (Å²) in [5.74, 6) is 0.160. The molecule has 3 aromatic rings. The fourth-order valence-electron chi connectivity index (χ4n) is 3.90. The number of ether oxygens (including phenoxy) is 1. The second-order valence-corrected chi connectivity index (χ2v) is 8.02. The van der Waals surface area contributed by atoms with Crippen LogP contribution in [0.4, 0.5) is 4.39 Å². The van der Waals surface area contributed by atoms with Crippen molar-refractivity contribution in [2.75, 3.05) is 13.2 Å². The largest absolute Gasteiger partial charge is 0.477 e.